The molecular formula is C10H16Br2O. The summed E-state index contributed by atoms with van der Waals surface area (Å²) in [6, 6.07) is 0. The van der Waals surface area contributed by atoms with Crippen LogP contribution < -0.4 is 0 Å². The van der Waals surface area contributed by atoms with Gasteiger partial charge in [-0.15, -0.1) is 0 Å². The van der Waals surface area contributed by atoms with Gasteiger partial charge in [-0.1, -0.05) is 44.7 Å². The summed E-state index contributed by atoms with van der Waals surface area (Å²) in [7, 11) is 0. The number of halogens is 2. The molecule has 0 aromatic rings. The minimum Gasteiger partial charge on any atom is -0.374 e. The Labute approximate surface area is 96.9 Å². The van der Waals surface area contributed by atoms with E-state index in [2.05, 4.69) is 31.9 Å². The Balaban J connectivity index is 1.81. The first-order valence-corrected chi connectivity index (χ1v) is 7.04. The average Bonchev–Trinajstić information content (AvgIpc) is 2.71. The largest absolute Gasteiger partial charge is 0.374 e. The molecule has 1 nitrogen and oxygen atoms in total. The maximum atomic E-state index is 6.08. The molecule has 2 fully saturated rings. The van der Waals surface area contributed by atoms with Gasteiger partial charge in [0.25, 0.3) is 0 Å². The van der Waals surface area contributed by atoms with Gasteiger partial charge in [0.15, 0.2) is 0 Å². The highest BCUT2D eigenvalue weighted by atomic mass is 79.9. The van der Waals surface area contributed by atoms with Crippen LogP contribution in [0.4, 0.5) is 0 Å². The lowest BCUT2D eigenvalue weighted by molar-refractivity contribution is 0.000232. The zero-order valence-electron chi connectivity index (χ0n) is 7.72. The van der Waals surface area contributed by atoms with Crippen molar-refractivity contribution in [2.24, 2.45) is 0 Å². The molecule has 2 rings (SSSR count). The number of rotatable bonds is 2. The zero-order chi connectivity index (χ0) is 9.26. The smallest absolute Gasteiger partial charge is 0.0715 e. The number of hydrogen-bond donors (Lipinski definition) is 0. The number of hydrogen-bond acceptors (Lipinski definition) is 1. The molecule has 0 spiro atoms. The molecule has 0 saturated heterocycles. The molecule has 0 aromatic carbocycles. The van der Waals surface area contributed by atoms with Gasteiger partial charge in [0.2, 0.25) is 0 Å². The molecule has 2 saturated carbocycles. The van der Waals surface area contributed by atoms with Crippen LogP contribution >= 0.6 is 31.9 Å². The van der Waals surface area contributed by atoms with E-state index in [9.17, 15) is 0 Å². The van der Waals surface area contributed by atoms with Gasteiger partial charge in [-0.05, 0) is 25.7 Å². The van der Waals surface area contributed by atoms with Crippen LogP contribution in [0.5, 0.6) is 0 Å². The van der Waals surface area contributed by atoms with Crippen LogP contribution in [0.3, 0.4) is 0 Å². The SMILES string of the molecule is BrC1CCC(OC2CCCC2)C1Br. The summed E-state index contributed by atoms with van der Waals surface area (Å²) < 4.78 is 6.08. The molecule has 0 aliphatic heterocycles. The predicted molar refractivity (Wildman–Crippen MR) is 61.8 cm³/mol. The molecule has 2 aliphatic rings. The van der Waals surface area contributed by atoms with Gasteiger partial charge in [-0.2, -0.15) is 0 Å². The molecule has 2 aliphatic carbocycles. The van der Waals surface area contributed by atoms with Crippen LogP contribution in [-0.4, -0.2) is 21.9 Å². The summed E-state index contributed by atoms with van der Waals surface area (Å²) in [4.78, 5) is 1.13. The minimum absolute atomic E-state index is 0.451. The van der Waals surface area contributed by atoms with E-state index < -0.39 is 0 Å². The highest BCUT2D eigenvalue weighted by Gasteiger charge is 2.35. The van der Waals surface area contributed by atoms with Crippen molar-refractivity contribution in [3.63, 3.8) is 0 Å². The van der Waals surface area contributed by atoms with Crippen molar-refractivity contribution in [1.29, 1.82) is 0 Å². The maximum absolute atomic E-state index is 6.08. The third kappa shape index (κ3) is 2.48. The fourth-order valence-electron chi connectivity index (χ4n) is 2.29. The molecule has 13 heavy (non-hydrogen) atoms. The highest BCUT2D eigenvalue weighted by Crippen LogP contribution is 2.36. The Morgan fingerprint density at radius 1 is 0.923 bits per heavy atom. The fourth-order valence-corrected chi connectivity index (χ4v) is 3.55. The monoisotopic (exact) mass is 310 g/mol. The van der Waals surface area contributed by atoms with Gasteiger partial charge in [0.1, 0.15) is 0 Å². The van der Waals surface area contributed by atoms with Crippen LogP contribution in [0, 0.1) is 0 Å². The first-order valence-electron chi connectivity index (χ1n) is 5.21. The predicted octanol–water partition coefficient (Wildman–Crippen LogP) is 3.64. The van der Waals surface area contributed by atoms with E-state index in [0.717, 1.165) is 0 Å². The molecule has 0 N–H and O–H groups in total. The normalized spacial score (nSPS) is 41.5. The van der Waals surface area contributed by atoms with E-state index >= 15 is 0 Å². The van der Waals surface area contributed by atoms with Crippen molar-refractivity contribution >= 4 is 31.9 Å². The van der Waals surface area contributed by atoms with Gasteiger partial charge in [-0.25, -0.2) is 0 Å². The molecule has 0 aromatic heterocycles. The van der Waals surface area contributed by atoms with Gasteiger partial charge >= 0.3 is 0 Å². The van der Waals surface area contributed by atoms with E-state index in [1.54, 1.807) is 0 Å². The Bertz CT molecular complexity index is 168. The second-order valence-corrected chi connectivity index (χ2v) is 6.35. The standard InChI is InChI=1S/C10H16Br2O/c11-8-5-6-9(10(8)12)13-7-3-1-2-4-7/h7-10H,1-6H2. The molecule has 0 bridgehead atoms. The first-order chi connectivity index (χ1) is 6.27. The first kappa shape index (κ1) is 10.4. The Hall–Kier alpha value is 0.920. The van der Waals surface area contributed by atoms with E-state index in [4.69, 9.17) is 4.74 Å². The lowest BCUT2D eigenvalue weighted by Crippen LogP contribution is -2.26. The molecule has 0 radical (unpaired) electrons. The van der Waals surface area contributed by atoms with Crippen LogP contribution in [0.1, 0.15) is 38.5 Å². The van der Waals surface area contributed by atoms with Crippen LogP contribution in [0.25, 0.3) is 0 Å². The van der Waals surface area contributed by atoms with E-state index in [-0.39, 0.29) is 0 Å². The molecule has 3 atom stereocenters. The molecule has 3 unspecified atom stereocenters. The van der Waals surface area contributed by atoms with Crippen molar-refractivity contribution in [1.82, 2.24) is 0 Å². The number of alkyl halides is 2. The lowest BCUT2D eigenvalue weighted by atomic mass is 10.2. The Kier molecular flexibility index (Phi) is 3.71. The van der Waals surface area contributed by atoms with Crippen LogP contribution in [0.15, 0.2) is 0 Å². The number of ether oxygens (including phenoxy) is 1. The van der Waals surface area contributed by atoms with Gasteiger partial charge in [-0.3, -0.25) is 0 Å². The molecule has 76 valence electrons. The van der Waals surface area contributed by atoms with Crippen molar-refractivity contribution in [2.75, 3.05) is 0 Å². The molecular weight excluding hydrogens is 296 g/mol. The minimum atomic E-state index is 0.451. The summed E-state index contributed by atoms with van der Waals surface area (Å²) >= 11 is 7.37. The summed E-state index contributed by atoms with van der Waals surface area (Å²) in [5, 5.41) is 0. The third-order valence-electron chi connectivity index (χ3n) is 3.10. The molecule has 0 heterocycles. The fraction of sp³-hybridized carbons (Fsp3) is 1.00. The van der Waals surface area contributed by atoms with Gasteiger partial charge in [0.05, 0.1) is 17.0 Å². The van der Waals surface area contributed by atoms with Crippen molar-refractivity contribution < 1.29 is 4.74 Å². The van der Waals surface area contributed by atoms with Crippen molar-refractivity contribution in [3.8, 4) is 0 Å². The summed E-state index contributed by atoms with van der Waals surface area (Å²) in [5.41, 5.74) is 0. The zero-order valence-corrected chi connectivity index (χ0v) is 10.9. The highest BCUT2D eigenvalue weighted by molar-refractivity contribution is 9.12. The Morgan fingerprint density at radius 3 is 2.15 bits per heavy atom. The maximum Gasteiger partial charge on any atom is 0.0715 e. The summed E-state index contributed by atoms with van der Waals surface area (Å²) in [5.74, 6) is 0. The lowest BCUT2D eigenvalue weighted by Gasteiger charge is -2.21. The molecule has 3 heteroatoms. The topological polar surface area (TPSA) is 9.23 Å². The van der Waals surface area contributed by atoms with Crippen LogP contribution in [-0.2, 0) is 4.74 Å². The van der Waals surface area contributed by atoms with Crippen molar-refractivity contribution in [2.45, 2.75) is 60.4 Å². The second-order valence-electron chi connectivity index (χ2n) is 4.12. The van der Waals surface area contributed by atoms with Gasteiger partial charge < -0.3 is 4.74 Å². The average molecular weight is 312 g/mol. The Morgan fingerprint density at radius 2 is 1.62 bits per heavy atom. The van der Waals surface area contributed by atoms with E-state index in [0.29, 0.717) is 21.9 Å². The van der Waals surface area contributed by atoms with Gasteiger partial charge in [0, 0.05) is 4.83 Å². The van der Waals surface area contributed by atoms with E-state index in [1.165, 1.54) is 38.5 Å². The van der Waals surface area contributed by atoms with Crippen molar-refractivity contribution in [3.05, 3.63) is 0 Å². The van der Waals surface area contributed by atoms with Crippen LogP contribution in [0.2, 0.25) is 0 Å². The summed E-state index contributed by atoms with van der Waals surface area (Å²) in [6.07, 6.45) is 8.75. The third-order valence-corrected chi connectivity index (χ3v) is 6.06. The quantitative estimate of drug-likeness (QED) is 0.708. The second kappa shape index (κ2) is 4.63. The summed E-state index contributed by atoms with van der Waals surface area (Å²) in [6.45, 7) is 0. The molecule has 0 amide bonds. The van der Waals surface area contributed by atoms with E-state index in [1.807, 2.05) is 0 Å².